The lowest BCUT2D eigenvalue weighted by Gasteiger charge is -2.10. The predicted molar refractivity (Wildman–Crippen MR) is 113 cm³/mol. The van der Waals surface area contributed by atoms with Gasteiger partial charge in [-0.05, 0) is 40.8 Å². The van der Waals surface area contributed by atoms with Crippen LogP contribution < -0.4 is 15.6 Å². The molecule has 0 spiro atoms. The lowest BCUT2D eigenvalue weighted by atomic mass is 10.2. The molecule has 2 heterocycles. The fraction of sp³-hybridized carbons (Fsp3) is 0.143. The molecule has 0 aliphatic rings. The quantitative estimate of drug-likeness (QED) is 0.487. The number of carbonyl (C=O) groups is 1. The summed E-state index contributed by atoms with van der Waals surface area (Å²) in [5.41, 5.74) is 1.11. The van der Waals surface area contributed by atoms with Gasteiger partial charge in [0.2, 0.25) is 0 Å². The number of benzene rings is 2. The smallest absolute Gasteiger partial charge is 0.276 e. The van der Waals surface area contributed by atoms with Gasteiger partial charge in [0.05, 0.1) is 6.54 Å². The molecule has 4 aromatic rings. The lowest BCUT2D eigenvalue weighted by Crippen LogP contribution is -2.28. The van der Waals surface area contributed by atoms with Gasteiger partial charge >= 0.3 is 0 Å². The minimum atomic E-state index is -0.439. The van der Waals surface area contributed by atoms with Crippen LogP contribution in [0.1, 0.15) is 10.5 Å². The molecule has 0 unspecified atom stereocenters. The zero-order valence-corrected chi connectivity index (χ0v) is 16.7. The fourth-order valence-electron chi connectivity index (χ4n) is 2.90. The molecule has 4 rings (SSSR count). The SMILES string of the molecule is Cn1nnnc1-c1cccc(NC(=O)c2ccc(=O)n(CCOc3ccccc3)n2)c1. The molecule has 156 valence electrons. The maximum absolute atomic E-state index is 12.7. The summed E-state index contributed by atoms with van der Waals surface area (Å²) in [6.07, 6.45) is 0. The van der Waals surface area contributed by atoms with Crippen LogP contribution in [0.15, 0.2) is 71.5 Å². The van der Waals surface area contributed by atoms with Crippen molar-refractivity contribution in [2.24, 2.45) is 7.05 Å². The van der Waals surface area contributed by atoms with Crippen molar-refractivity contribution in [3.8, 4) is 17.1 Å². The second kappa shape index (κ2) is 8.99. The van der Waals surface area contributed by atoms with Crippen molar-refractivity contribution in [2.75, 3.05) is 11.9 Å². The first kappa shape index (κ1) is 20.0. The average Bonchev–Trinajstić information content (AvgIpc) is 3.22. The first-order chi connectivity index (χ1) is 15.1. The van der Waals surface area contributed by atoms with E-state index in [0.29, 0.717) is 17.3 Å². The van der Waals surface area contributed by atoms with Gasteiger partial charge in [-0.25, -0.2) is 9.36 Å². The fourth-order valence-corrected chi connectivity index (χ4v) is 2.90. The third-order valence-electron chi connectivity index (χ3n) is 4.41. The average molecular weight is 417 g/mol. The van der Waals surface area contributed by atoms with E-state index in [0.717, 1.165) is 5.56 Å². The van der Waals surface area contributed by atoms with Gasteiger partial charge in [-0.3, -0.25) is 9.59 Å². The van der Waals surface area contributed by atoms with E-state index in [2.05, 4.69) is 25.9 Å². The lowest BCUT2D eigenvalue weighted by molar-refractivity contribution is 0.101. The van der Waals surface area contributed by atoms with Crippen molar-refractivity contribution < 1.29 is 9.53 Å². The number of nitrogens with zero attached hydrogens (tertiary/aromatic N) is 6. The van der Waals surface area contributed by atoms with Crippen LogP contribution in [0.3, 0.4) is 0 Å². The van der Waals surface area contributed by atoms with Crippen LogP contribution >= 0.6 is 0 Å². The van der Waals surface area contributed by atoms with Gasteiger partial charge in [-0.15, -0.1) is 5.10 Å². The van der Waals surface area contributed by atoms with Crippen molar-refractivity contribution in [2.45, 2.75) is 6.54 Å². The summed E-state index contributed by atoms with van der Waals surface area (Å²) < 4.78 is 8.35. The summed E-state index contributed by atoms with van der Waals surface area (Å²) >= 11 is 0. The molecule has 0 saturated heterocycles. The molecule has 1 N–H and O–H groups in total. The molecular formula is C21H19N7O3. The monoisotopic (exact) mass is 417 g/mol. The van der Waals surface area contributed by atoms with Crippen LogP contribution in [0.2, 0.25) is 0 Å². The standard InChI is InChI=1S/C21H19N7O3/c1-27-20(23-25-26-27)15-6-5-7-16(14-15)22-21(30)18-10-11-19(29)28(24-18)12-13-31-17-8-3-2-4-9-17/h2-11,14H,12-13H2,1H3,(H,22,30). The molecule has 0 radical (unpaired) electrons. The van der Waals surface area contributed by atoms with E-state index >= 15 is 0 Å². The Morgan fingerprint density at radius 1 is 1.06 bits per heavy atom. The zero-order chi connectivity index (χ0) is 21.6. The number of nitrogens with one attached hydrogen (secondary N) is 1. The molecule has 10 heteroatoms. The summed E-state index contributed by atoms with van der Waals surface area (Å²) in [6.45, 7) is 0.458. The highest BCUT2D eigenvalue weighted by Gasteiger charge is 2.12. The molecule has 0 aliphatic heterocycles. The van der Waals surface area contributed by atoms with Gasteiger partial charge in [0.25, 0.3) is 11.5 Å². The van der Waals surface area contributed by atoms with Crippen molar-refractivity contribution >= 4 is 11.6 Å². The van der Waals surface area contributed by atoms with E-state index < -0.39 is 5.91 Å². The normalized spacial score (nSPS) is 10.6. The van der Waals surface area contributed by atoms with E-state index in [-0.39, 0.29) is 24.4 Å². The molecule has 2 aromatic heterocycles. The third kappa shape index (κ3) is 4.81. The number of aryl methyl sites for hydroxylation is 1. The number of carbonyl (C=O) groups excluding carboxylic acids is 1. The van der Waals surface area contributed by atoms with Crippen LogP contribution in [-0.4, -0.2) is 42.5 Å². The Hall–Kier alpha value is -4.34. The number of tetrazole rings is 1. The Labute approximate surface area is 177 Å². The Bertz CT molecular complexity index is 1250. The Kier molecular flexibility index (Phi) is 5.79. The molecule has 0 atom stereocenters. The number of hydrogen-bond acceptors (Lipinski definition) is 7. The van der Waals surface area contributed by atoms with Crippen LogP contribution in [0.5, 0.6) is 5.75 Å². The Morgan fingerprint density at radius 2 is 1.90 bits per heavy atom. The predicted octanol–water partition coefficient (Wildman–Crippen LogP) is 1.77. The largest absolute Gasteiger partial charge is 0.492 e. The van der Waals surface area contributed by atoms with Crippen LogP contribution in [0.4, 0.5) is 5.69 Å². The van der Waals surface area contributed by atoms with Crippen molar-refractivity contribution in [1.29, 1.82) is 0 Å². The Balaban J connectivity index is 1.45. The highest BCUT2D eigenvalue weighted by atomic mass is 16.5. The molecule has 2 aromatic carbocycles. The van der Waals surface area contributed by atoms with Crippen molar-refractivity contribution in [3.63, 3.8) is 0 Å². The van der Waals surface area contributed by atoms with Gasteiger partial charge in [0, 0.05) is 24.4 Å². The number of rotatable bonds is 7. The molecule has 0 fully saturated rings. The minimum Gasteiger partial charge on any atom is -0.492 e. The van der Waals surface area contributed by atoms with Crippen molar-refractivity contribution in [3.05, 3.63) is 82.8 Å². The highest BCUT2D eigenvalue weighted by molar-refractivity contribution is 6.02. The third-order valence-corrected chi connectivity index (χ3v) is 4.41. The first-order valence-corrected chi connectivity index (χ1v) is 9.50. The van der Waals surface area contributed by atoms with Gasteiger partial charge < -0.3 is 10.1 Å². The zero-order valence-electron chi connectivity index (χ0n) is 16.7. The molecule has 10 nitrogen and oxygen atoms in total. The molecule has 0 bridgehead atoms. The topological polar surface area (TPSA) is 117 Å². The second-order valence-corrected chi connectivity index (χ2v) is 6.60. The van der Waals surface area contributed by atoms with Gasteiger partial charge in [0.15, 0.2) is 5.82 Å². The van der Waals surface area contributed by atoms with E-state index in [1.165, 1.54) is 21.5 Å². The summed E-state index contributed by atoms with van der Waals surface area (Å²) in [6, 6.07) is 19.1. The molecule has 1 amide bonds. The second-order valence-electron chi connectivity index (χ2n) is 6.60. The molecule has 0 saturated carbocycles. The van der Waals surface area contributed by atoms with Crippen LogP contribution in [-0.2, 0) is 13.6 Å². The summed E-state index contributed by atoms with van der Waals surface area (Å²) in [7, 11) is 1.73. The Morgan fingerprint density at radius 3 is 2.68 bits per heavy atom. The molecule has 31 heavy (non-hydrogen) atoms. The summed E-state index contributed by atoms with van der Waals surface area (Å²) in [5, 5.41) is 18.3. The van der Waals surface area contributed by atoms with Crippen molar-refractivity contribution in [1.82, 2.24) is 30.0 Å². The molecule has 0 aliphatic carbocycles. The first-order valence-electron chi connectivity index (χ1n) is 9.50. The number of ether oxygens (including phenoxy) is 1. The summed E-state index contributed by atoms with van der Waals surface area (Å²) in [4.78, 5) is 24.8. The number of amides is 1. The number of aromatic nitrogens is 6. The molecular weight excluding hydrogens is 398 g/mol. The van der Waals surface area contributed by atoms with E-state index in [9.17, 15) is 9.59 Å². The number of hydrogen-bond donors (Lipinski definition) is 1. The van der Waals surface area contributed by atoms with Crippen LogP contribution in [0.25, 0.3) is 11.4 Å². The minimum absolute atomic E-state index is 0.116. The number of para-hydroxylation sites is 1. The van der Waals surface area contributed by atoms with Gasteiger partial charge in [-0.1, -0.05) is 30.3 Å². The van der Waals surface area contributed by atoms with E-state index in [1.54, 1.807) is 25.2 Å². The maximum Gasteiger partial charge on any atom is 0.276 e. The maximum atomic E-state index is 12.7. The summed E-state index contributed by atoms with van der Waals surface area (Å²) in [5.74, 6) is 0.828. The van der Waals surface area contributed by atoms with Gasteiger partial charge in [-0.2, -0.15) is 5.10 Å². The van der Waals surface area contributed by atoms with E-state index in [4.69, 9.17) is 4.74 Å². The van der Waals surface area contributed by atoms with Crippen LogP contribution in [0, 0.1) is 0 Å². The number of anilines is 1. The van der Waals surface area contributed by atoms with Gasteiger partial charge in [0.1, 0.15) is 18.1 Å². The highest BCUT2D eigenvalue weighted by Crippen LogP contribution is 2.19. The van der Waals surface area contributed by atoms with E-state index in [1.807, 2.05) is 36.4 Å².